The standard InChI is InChI=1S/C20H32N2O2/c1-6-22-13-11-17(12-14-22)21-19(23)15(2)24-18-9-7-16(8-10-18)20(3,4)5/h7-10,15,17H,6,11-14H2,1-5H3,(H,21,23)/t15-/m0/s1. The van der Waals surface area contributed by atoms with Crippen LogP contribution in [0.1, 0.15) is 53.0 Å². The maximum Gasteiger partial charge on any atom is 0.260 e. The lowest BCUT2D eigenvalue weighted by atomic mass is 9.87. The number of nitrogens with zero attached hydrogens (tertiary/aromatic N) is 1. The van der Waals surface area contributed by atoms with Crippen LogP contribution in [0.15, 0.2) is 24.3 Å². The quantitative estimate of drug-likeness (QED) is 0.899. The summed E-state index contributed by atoms with van der Waals surface area (Å²) in [7, 11) is 0. The van der Waals surface area contributed by atoms with Crippen molar-refractivity contribution in [2.75, 3.05) is 19.6 Å². The van der Waals surface area contributed by atoms with Gasteiger partial charge in [-0.1, -0.05) is 39.8 Å². The molecular formula is C20H32N2O2. The van der Waals surface area contributed by atoms with Crippen LogP contribution in [-0.2, 0) is 10.2 Å². The van der Waals surface area contributed by atoms with E-state index in [1.165, 1.54) is 5.56 Å². The highest BCUT2D eigenvalue weighted by atomic mass is 16.5. The van der Waals surface area contributed by atoms with Gasteiger partial charge in [-0.05, 0) is 49.4 Å². The van der Waals surface area contributed by atoms with Crippen molar-refractivity contribution in [2.24, 2.45) is 0 Å². The van der Waals surface area contributed by atoms with Gasteiger partial charge >= 0.3 is 0 Å². The maximum absolute atomic E-state index is 12.3. The first kappa shape index (κ1) is 18.8. The second-order valence-electron chi connectivity index (χ2n) is 7.75. The number of carbonyl (C=O) groups excluding carboxylic acids is 1. The number of ether oxygens (including phenoxy) is 1. The SMILES string of the molecule is CCN1CCC(NC(=O)[C@H](C)Oc2ccc(C(C)(C)C)cc2)CC1. The second kappa shape index (κ2) is 8.02. The molecule has 1 atom stereocenters. The van der Waals surface area contributed by atoms with Crippen molar-refractivity contribution in [2.45, 2.75) is 65.0 Å². The van der Waals surface area contributed by atoms with Gasteiger partial charge in [-0.3, -0.25) is 4.79 Å². The first-order valence-corrected chi connectivity index (χ1v) is 9.09. The Morgan fingerprint density at radius 1 is 1.25 bits per heavy atom. The fourth-order valence-corrected chi connectivity index (χ4v) is 3.00. The minimum atomic E-state index is -0.477. The largest absolute Gasteiger partial charge is 0.481 e. The fourth-order valence-electron chi connectivity index (χ4n) is 3.00. The third-order valence-electron chi connectivity index (χ3n) is 4.78. The first-order valence-electron chi connectivity index (χ1n) is 9.09. The van der Waals surface area contributed by atoms with Crippen LogP contribution in [0.25, 0.3) is 0 Å². The molecule has 1 N–H and O–H groups in total. The predicted molar refractivity (Wildman–Crippen MR) is 98.5 cm³/mol. The zero-order valence-corrected chi connectivity index (χ0v) is 15.8. The van der Waals surface area contributed by atoms with E-state index in [2.05, 4.69) is 50.0 Å². The van der Waals surface area contributed by atoms with Crippen LogP contribution in [0.2, 0.25) is 0 Å². The fraction of sp³-hybridized carbons (Fsp3) is 0.650. The van der Waals surface area contributed by atoms with Crippen LogP contribution >= 0.6 is 0 Å². The lowest BCUT2D eigenvalue weighted by Gasteiger charge is -2.32. The van der Waals surface area contributed by atoms with E-state index in [1.54, 1.807) is 0 Å². The number of piperidine rings is 1. The molecule has 1 aromatic carbocycles. The number of likely N-dealkylation sites (tertiary alicyclic amines) is 1. The number of carbonyl (C=O) groups is 1. The minimum Gasteiger partial charge on any atom is -0.481 e. The van der Waals surface area contributed by atoms with E-state index in [9.17, 15) is 4.79 Å². The Morgan fingerprint density at radius 3 is 2.33 bits per heavy atom. The minimum absolute atomic E-state index is 0.0233. The molecule has 24 heavy (non-hydrogen) atoms. The van der Waals surface area contributed by atoms with E-state index >= 15 is 0 Å². The van der Waals surface area contributed by atoms with Crippen LogP contribution in [0.4, 0.5) is 0 Å². The van der Waals surface area contributed by atoms with E-state index < -0.39 is 6.10 Å². The Bertz CT molecular complexity index is 526. The molecule has 2 rings (SSSR count). The summed E-state index contributed by atoms with van der Waals surface area (Å²) in [6.45, 7) is 13.8. The van der Waals surface area contributed by atoms with Gasteiger partial charge in [0.15, 0.2) is 6.10 Å². The average molecular weight is 332 g/mol. The molecule has 0 aliphatic carbocycles. The van der Waals surface area contributed by atoms with Crippen molar-refractivity contribution in [1.82, 2.24) is 10.2 Å². The molecule has 1 aliphatic heterocycles. The van der Waals surface area contributed by atoms with Gasteiger partial charge < -0.3 is 15.0 Å². The molecular weight excluding hydrogens is 300 g/mol. The monoisotopic (exact) mass is 332 g/mol. The third kappa shape index (κ3) is 5.23. The van der Waals surface area contributed by atoms with Gasteiger partial charge in [-0.2, -0.15) is 0 Å². The van der Waals surface area contributed by atoms with E-state index in [0.29, 0.717) is 0 Å². The summed E-state index contributed by atoms with van der Waals surface area (Å²) >= 11 is 0. The van der Waals surface area contributed by atoms with Gasteiger partial charge in [0.1, 0.15) is 5.75 Å². The molecule has 0 saturated carbocycles. The number of rotatable bonds is 5. The van der Waals surface area contributed by atoms with Gasteiger partial charge in [0.2, 0.25) is 0 Å². The maximum atomic E-state index is 12.3. The van der Waals surface area contributed by atoms with Gasteiger partial charge in [-0.15, -0.1) is 0 Å². The van der Waals surface area contributed by atoms with Crippen LogP contribution < -0.4 is 10.1 Å². The summed E-state index contributed by atoms with van der Waals surface area (Å²) in [6.07, 6.45) is 1.56. The van der Waals surface area contributed by atoms with Crippen molar-refractivity contribution in [3.8, 4) is 5.75 Å². The van der Waals surface area contributed by atoms with E-state index in [1.807, 2.05) is 19.1 Å². The van der Waals surface area contributed by atoms with Crippen molar-refractivity contribution in [3.63, 3.8) is 0 Å². The highest BCUT2D eigenvalue weighted by Crippen LogP contribution is 2.24. The number of amides is 1. The molecule has 1 fully saturated rings. The van der Waals surface area contributed by atoms with Gasteiger partial charge in [-0.25, -0.2) is 0 Å². The second-order valence-corrected chi connectivity index (χ2v) is 7.75. The molecule has 1 saturated heterocycles. The summed E-state index contributed by atoms with van der Waals surface area (Å²) in [4.78, 5) is 14.8. The lowest BCUT2D eigenvalue weighted by Crippen LogP contribution is -2.48. The molecule has 134 valence electrons. The Morgan fingerprint density at radius 2 is 1.83 bits per heavy atom. The highest BCUT2D eigenvalue weighted by molar-refractivity contribution is 5.81. The number of nitrogens with one attached hydrogen (secondary N) is 1. The molecule has 4 heteroatoms. The van der Waals surface area contributed by atoms with Gasteiger partial charge in [0.25, 0.3) is 5.91 Å². The lowest BCUT2D eigenvalue weighted by molar-refractivity contribution is -0.128. The molecule has 1 heterocycles. The molecule has 1 amide bonds. The Balaban J connectivity index is 1.83. The van der Waals surface area contributed by atoms with Crippen molar-refractivity contribution in [1.29, 1.82) is 0 Å². The summed E-state index contributed by atoms with van der Waals surface area (Å²) in [5, 5.41) is 3.13. The Hall–Kier alpha value is -1.55. The van der Waals surface area contributed by atoms with E-state index in [4.69, 9.17) is 4.74 Å². The molecule has 0 unspecified atom stereocenters. The first-order chi connectivity index (χ1) is 11.3. The van der Waals surface area contributed by atoms with Crippen molar-refractivity contribution < 1.29 is 9.53 Å². The normalized spacial score (nSPS) is 18.2. The van der Waals surface area contributed by atoms with Crippen LogP contribution in [0.5, 0.6) is 5.75 Å². The Kier molecular flexibility index (Phi) is 6.27. The average Bonchev–Trinajstić information content (AvgIpc) is 2.55. The molecule has 0 bridgehead atoms. The van der Waals surface area contributed by atoms with Gasteiger partial charge in [0.05, 0.1) is 0 Å². The highest BCUT2D eigenvalue weighted by Gasteiger charge is 2.23. The molecule has 0 spiro atoms. The molecule has 0 radical (unpaired) electrons. The van der Waals surface area contributed by atoms with Crippen molar-refractivity contribution >= 4 is 5.91 Å². The predicted octanol–water partition coefficient (Wildman–Crippen LogP) is 3.35. The zero-order valence-electron chi connectivity index (χ0n) is 15.8. The van der Waals surface area contributed by atoms with Crippen LogP contribution in [0.3, 0.4) is 0 Å². The number of hydrogen-bond acceptors (Lipinski definition) is 3. The van der Waals surface area contributed by atoms with Crippen LogP contribution in [0, 0.1) is 0 Å². The van der Waals surface area contributed by atoms with Gasteiger partial charge in [0, 0.05) is 19.1 Å². The third-order valence-corrected chi connectivity index (χ3v) is 4.78. The number of hydrogen-bond donors (Lipinski definition) is 1. The Labute approximate surface area is 146 Å². The number of benzene rings is 1. The van der Waals surface area contributed by atoms with E-state index in [0.717, 1.165) is 38.2 Å². The molecule has 1 aromatic rings. The summed E-state index contributed by atoms with van der Waals surface area (Å²) in [5.41, 5.74) is 1.38. The van der Waals surface area contributed by atoms with E-state index in [-0.39, 0.29) is 17.4 Å². The molecule has 1 aliphatic rings. The topological polar surface area (TPSA) is 41.6 Å². The van der Waals surface area contributed by atoms with Crippen molar-refractivity contribution in [3.05, 3.63) is 29.8 Å². The smallest absolute Gasteiger partial charge is 0.260 e. The summed E-state index contributed by atoms with van der Waals surface area (Å²) in [5.74, 6) is 0.719. The zero-order chi connectivity index (χ0) is 17.7. The van der Waals surface area contributed by atoms with Crippen LogP contribution in [-0.4, -0.2) is 42.6 Å². The summed E-state index contributed by atoms with van der Waals surface area (Å²) in [6, 6.07) is 8.31. The summed E-state index contributed by atoms with van der Waals surface area (Å²) < 4.78 is 5.81. The molecule has 0 aromatic heterocycles. The molecule has 4 nitrogen and oxygen atoms in total.